The minimum atomic E-state index is -1.74. The highest BCUT2D eigenvalue weighted by Crippen LogP contribution is 2.65. The van der Waals surface area contributed by atoms with E-state index in [9.17, 15) is 20.4 Å². The number of hydrogen-bond acceptors (Lipinski definition) is 8. The summed E-state index contributed by atoms with van der Waals surface area (Å²) in [5.74, 6) is -2.21. The summed E-state index contributed by atoms with van der Waals surface area (Å²) in [4.78, 5) is 0. The topological polar surface area (TPSA) is 118 Å². The zero-order valence-electron chi connectivity index (χ0n) is 20.3. The van der Waals surface area contributed by atoms with Crippen LogP contribution in [0.3, 0.4) is 0 Å². The Labute approximate surface area is 189 Å². The largest absolute Gasteiger partial charge is 0.507 e. The van der Waals surface area contributed by atoms with Crippen LogP contribution in [0.25, 0.3) is 0 Å². The van der Waals surface area contributed by atoms with Crippen molar-refractivity contribution in [2.24, 2.45) is 0 Å². The molecular weight excluding hydrogens is 416 g/mol. The molecule has 5 rings (SSSR count). The number of rotatable bonds is 4. The third-order valence-corrected chi connectivity index (χ3v) is 8.67. The van der Waals surface area contributed by atoms with Crippen LogP contribution in [-0.4, -0.2) is 67.6 Å². The van der Waals surface area contributed by atoms with Gasteiger partial charge >= 0.3 is 0 Å². The molecule has 4 N–H and O–H groups in total. The van der Waals surface area contributed by atoms with E-state index in [-0.39, 0.29) is 6.61 Å². The molecule has 3 saturated heterocycles. The second-order valence-corrected chi connectivity index (χ2v) is 10.6. The van der Waals surface area contributed by atoms with E-state index in [1.807, 2.05) is 27.7 Å². The molecule has 4 aliphatic heterocycles. The highest BCUT2D eigenvalue weighted by atomic mass is 16.9. The third kappa shape index (κ3) is 2.59. The number of hydrogen-bond donors (Lipinski definition) is 4. The molecule has 0 aliphatic carbocycles. The molecular formula is C24H36O8. The fourth-order valence-electron chi connectivity index (χ4n) is 5.46. The van der Waals surface area contributed by atoms with Gasteiger partial charge in [0.25, 0.3) is 0 Å². The van der Waals surface area contributed by atoms with E-state index in [1.165, 1.54) is 13.8 Å². The molecule has 8 nitrogen and oxygen atoms in total. The van der Waals surface area contributed by atoms with Crippen molar-refractivity contribution in [1.29, 1.82) is 0 Å². The lowest BCUT2D eigenvalue weighted by Crippen LogP contribution is -2.95. The first-order chi connectivity index (χ1) is 14.5. The minimum Gasteiger partial charge on any atom is -0.507 e. The Morgan fingerprint density at radius 2 is 1.53 bits per heavy atom. The molecule has 2 bridgehead atoms. The zero-order chi connectivity index (χ0) is 24.1. The van der Waals surface area contributed by atoms with Crippen molar-refractivity contribution in [3.8, 4) is 11.5 Å². The maximum Gasteiger partial charge on any atom is 0.227 e. The Hall–Kier alpha value is -1.42. The summed E-state index contributed by atoms with van der Waals surface area (Å²) in [7, 11) is 0. The molecule has 4 heterocycles. The molecule has 32 heavy (non-hydrogen) atoms. The van der Waals surface area contributed by atoms with Gasteiger partial charge in [-0.1, -0.05) is 0 Å². The lowest BCUT2D eigenvalue weighted by molar-refractivity contribution is -0.605. The summed E-state index contributed by atoms with van der Waals surface area (Å²) in [5, 5.41) is 42.8. The zero-order valence-corrected chi connectivity index (χ0v) is 20.3. The number of phenols is 1. The SMILES string of the molecule is Cc1c(C)c2c(c(C)c1O)CCC(C)(COC1(C)OC3(CO)O[C@@](C)(C1(C)O)C3(C)O)O2. The van der Waals surface area contributed by atoms with Gasteiger partial charge in [0.1, 0.15) is 40.5 Å². The number of ether oxygens (including phenoxy) is 4. The monoisotopic (exact) mass is 452 g/mol. The lowest BCUT2D eigenvalue weighted by atomic mass is 9.59. The quantitative estimate of drug-likeness (QED) is 0.549. The Balaban J connectivity index is 1.61. The van der Waals surface area contributed by atoms with Gasteiger partial charge in [0.15, 0.2) is 0 Å². The van der Waals surface area contributed by atoms with Gasteiger partial charge in [-0.25, -0.2) is 0 Å². The van der Waals surface area contributed by atoms with E-state index in [0.717, 1.165) is 28.0 Å². The first kappa shape index (κ1) is 23.7. The Morgan fingerprint density at radius 1 is 0.906 bits per heavy atom. The molecule has 0 radical (unpaired) electrons. The van der Waals surface area contributed by atoms with Crippen LogP contribution in [0.2, 0.25) is 0 Å². The molecule has 180 valence electrons. The summed E-state index contributed by atoms with van der Waals surface area (Å²) >= 11 is 0. The summed E-state index contributed by atoms with van der Waals surface area (Å²) in [6.45, 7) is 13.3. The predicted molar refractivity (Wildman–Crippen MR) is 116 cm³/mol. The van der Waals surface area contributed by atoms with Crippen LogP contribution in [0, 0.1) is 20.8 Å². The Bertz CT molecular complexity index is 971. The fraction of sp³-hybridized carbons (Fsp3) is 0.750. The van der Waals surface area contributed by atoms with Crippen LogP contribution >= 0.6 is 0 Å². The molecule has 0 aromatic heterocycles. The maximum absolute atomic E-state index is 11.4. The molecule has 5 unspecified atom stereocenters. The van der Waals surface area contributed by atoms with Crippen LogP contribution in [0.15, 0.2) is 0 Å². The maximum atomic E-state index is 11.4. The van der Waals surface area contributed by atoms with E-state index < -0.39 is 40.6 Å². The second kappa shape index (κ2) is 6.58. The average molecular weight is 453 g/mol. The molecule has 4 aliphatic rings. The van der Waals surface area contributed by atoms with Crippen molar-refractivity contribution >= 4 is 0 Å². The molecule has 8 heteroatoms. The van der Waals surface area contributed by atoms with Crippen molar-refractivity contribution in [3.05, 3.63) is 22.3 Å². The molecule has 1 aromatic rings. The van der Waals surface area contributed by atoms with Crippen LogP contribution in [0.5, 0.6) is 11.5 Å². The van der Waals surface area contributed by atoms with Gasteiger partial charge < -0.3 is 39.4 Å². The summed E-state index contributed by atoms with van der Waals surface area (Å²) in [6, 6.07) is 0. The molecule has 0 spiro atoms. The number of phenolic OH excluding ortho intramolecular Hbond substituents is 1. The van der Waals surface area contributed by atoms with E-state index in [1.54, 1.807) is 13.8 Å². The highest BCUT2D eigenvalue weighted by molar-refractivity contribution is 5.58. The van der Waals surface area contributed by atoms with Gasteiger partial charge in [0, 0.05) is 5.56 Å². The number of benzene rings is 1. The summed E-state index contributed by atoms with van der Waals surface area (Å²) in [6.07, 6.45) is 1.34. The van der Waals surface area contributed by atoms with Gasteiger partial charge in [-0.15, -0.1) is 0 Å². The van der Waals surface area contributed by atoms with Crippen molar-refractivity contribution in [1.82, 2.24) is 0 Å². The van der Waals surface area contributed by atoms with E-state index >= 15 is 0 Å². The Morgan fingerprint density at radius 3 is 2.09 bits per heavy atom. The van der Waals surface area contributed by atoms with Gasteiger partial charge in [-0.3, -0.25) is 0 Å². The van der Waals surface area contributed by atoms with E-state index in [2.05, 4.69) is 0 Å². The smallest absolute Gasteiger partial charge is 0.227 e. The Kier molecular flexibility index (Phi) is 4.88. The van der Waals surface area contributed by atoms with E-state index in [4.69, 9.17) is 18.9 Å². The van der Waals surface area contributed by atoms with Crippen LogP contribution in [0.1, 0.15) is 63.3 Å². The predicted octanol–water partition coefficient (Wildman–Crippen LogP) is 2.14. The normalized spacial score (nSPS) is 45.1. The van der Waals surface area contributed by atoms with Gasteiger partial charge in [-0.2, -0.15) is 0 Å². The molecule has 6 atom stereocenters. The molecule has 0 amide bonds. The standard InChI is InChI=1S/C24H36O8/c1-13-14(2)18-16(15(3)17(13)26)9-10-19(4,30-18)12-29-23(8)20(5,27)22(7)21(6,28)24(11-25,31-22)32-23/h25-28H,9-12H2,1-8H3/t19?,20?,21?,22-,23?,24?/m0/s1. The molecule has 1 aromatic carbocycles. The van der Waals surface area contributed by atoms with Crippen LogP contribution < -0.4 is 4.74 Å². The number of aliphatic hydroxyl groups is 3. The third-order valence-electron chi connectivity index (χ3n) is 8.67. The average Bonchev–Trinajstić information content (AvgIpc) is 2.73. The van der Waals surface area contributed by atoms with Crippen molar-refractivity contribution < 1.29 is 39.4 Å². The van der Waals surface area contributed by atoms with Gasteiger partial charge in [-0.05, 0) is 84.9 Å². The summed E-state index contributed by atoms with van der Waals surface area (Å²) < 4.78 is 24.3. The van der Waals surface area contributed by atoms with Gasteiger partial charge in [0.2, 0.25) is 11.6 Å². The summed E-state index contributed by atoms with van der Waals surface area (Å²) in [5.41, 5.74) is -2.00. The van der Waals surface area contributed by atoms with Crippen LogP contribution in [0.4, 0.5) is 0 Å². The van der Waals surface area contributed by atoms with Crippen molar-refractivity contribution in [2.45, 2.75) is 102 Å². The van der Waals surface area contributed by atoms with Crippen LogP contribution in [-0.2, 0) is 20.6 Å². The lowest BCUT2D eigenvalue weighted by Gasteiger charge is -2.75. The molecule has 0 saturated carbocycles. The number of aromatic hydroxyl groups is 1. The van der Waals surface area contributed by atoms with E-state index in [0.29, 0.717) is 18.6 Å². The van der Waals surface area contributed by atoms with Crippen molar-refractivity contribution in [2.75, 3.05) is 13.2 Å². The number of fused-ring (bicyclic) bond motifs is 3. The fourth-order valence-corrected chi connectivity index (χ4v) is 5.46. The number of aliphatic hydroxyl groups excluding tert-OH is 1. The first-order valence-corrected chi connectivity index (χ1v) is 11.1. The van der Waals surface area contributed by atoms with Gasteiger partial charge in [0.05, 0.1) is 6.61 Å². The first-order valence-electron chi connectivity index (χ1n) is 11.1. The second-order valence-electron chi connectivity index (χ2n) is 10.6. The van der Waals surface area contributed by atoms with Crippen molar-refractivity contribution in [3.63, 3.8) is 0 Å². The molecule has 3 fully saturated rings. The minimum absolute atomic E-state index is 0.0945. The highest BCUT2D eigenvalue weighted by Gasteiger charge is 2.86.